The first-order valence-corrected chi connectivity index (χ1v) is 12.9. The molecule has 2 aliphatic rings. The van der Waals surface area contributed by atoms with E-state index < -0.39 is 0 Å². The van der Waals surface area contributed by atoms with Gasteiger partial charge in [0.2, 0.25) is 5.78 Å². The number of likely N-dealkylation sites (tertiary alicyclic amines) is 1. The highest BCUT2D eigenvalue weighted by Gasteiger charge is 2.40. The van der Waals surface area contributed by atoms with Crippen LogP contribution in [0.15, 0.2) is 65.7 Å². The molecule has 4 heterocycles. The third kappa shape index (κ3) is 4.69. The van der Waals surface area contributed by atoms with Crippen LogP contribution in [0.1, 0.15) is 28.8 Å². The highest BCUT2D eigenvalue weighted by molar-refractivity contribution is 5.95. The van der Waals surface area contributed by atoms with Gasteiger partial charge in [0.15, 0.2) is 0 Å². The minimum absolute atomic E-state index is 0.0851. The molecule has 0 spiro atoms. The Morgan fingerprint density at radius 3 is 2.57 bits per heavy atom. The van der Waals surface area contributed by atoms with Crippen molar-refractivity contribution in [2.75, 3.05) is 26.2 Å². The van der Waals surface area contributed by atoms with Crippen molar-refractivity contribution in [3.05, 3.63) is 82.4 Å². The molecule has 190 valence electrons. The van der Waals surface area contributed by atoms with Gasteiger partial charge in [-0.15, -0.1) is 0 Å². The fourth-order valence-corrected chi connectivity index (χ4v) is 5.32. The molecule has 5 N–H and O–H groups in total. The number of aromatic amines is 1. The molecule has 37 heavy (non-hydrogen) atoms. The van der Waals surface area contributed by atoms with E-state index in [1.165, 1.54) is 0 Å². The fourth-order valence-electron chi connectivity index (χ4n) is 5.32. The number of nitrogens with one attached hydrogen (secondary N) is 3. The minimum Gasteiger partial charge on any atom is -0.333 e. The molecule has 2 bridgehead atoms. The van der Waals surface area contributed by atoms with Crippen LogP contribution < -0.4 is 21.9 Å². The van der Waals surface area contributed by atoms with E-state index in [2.05, 4.69) is 20.6 Å². The number of carbonyl (C=O) groups excluding carboxylic acids is 1. The Morgan fingerprint density at radius 2 is 1.86 bits per heavy atom. The van der Waals surface area contributed by atoms with Crippen molar-refractivity contribution in [3.63, 3.8) is 0 Å². The fraction of sp³-hybridized carbons (Fsp3) is 0.321. The van der Waals surface area contributed by atoms with E-state index in [0.29, 0.717) is 35.5 Å². The number of fused-ring (bicyclic) bond motifs is 3. The number of carbonyl (C=O) groups is 1. The Bertz CT molecular complexity index is 1470. The van der Waals surface area contributed by atoms with Gasteiger partial charge < -0.3 is 21.3 Å². The van der Waals surface area contributed by atoms with E-state index in [1.807, 2.05) is 70.2 Å². The molecule has 6 rings (SSSR count). The molecule has 0 saturated carbocycles. The molecule has 9 heteroatoms. The molecule has 2 unspecified atom stereocenters. The Morgan fingerprint density at radius 1 is 1.08 bits per heavy atom. The van der Waals surface area contributed by atoms with Gasteiger partial charge in [0, 0.05) is 55.2 Å². The third-order valence-corrected chi connectivity index (χ3v) is 7.37. The lowest BCUT2D eigenvalue weighted by atomic mass is 10.1. The largest absolute Gasteiger partial charge is 0.333 e. The molecule has 2 atom stereocenters. The number of H-pyrrole nitrogens is 1. The molecule has 2 aromatic carbocycles. The highest BCUT2D eigenvalue weighted by atomic mass is 16.2. The molecule has 0 aliphatic carbocycles. The van der Waals surface area contributed by atoms with Crippen molar-refractivity contribution in [2.45, 2.75) is 31.5 Å². The molecular formula is C28H31N7O2. The number of aromatic nitrogens is 3. The number of piperazine rings is 1. The Labute approximate surface area is 214 Å². The SMILES string of the molecule is NCCCNCc1ccc(-c2cn3cc(-c4ccc(C(=O)N5CC6CC5CN6)cc4)nc3[nH]c2=O)cc1. The highest BCUT2D eigenvalue weighted by Crippen LogP contribution is 2.26. The maximum absolute atomic E-state index is 13.0. The predicted molar refractivity (Wildman–Crippen MR) is 143 cm³/mol. The van der Waals surface area contributed by atoms with Crippen molar-refractivity contribution >= 4 is 11.7 Å². The molecule has 9 nitrogen and oxygen atoms in total. The molecular weight excluding hydrogens is 466 g/mol. The number of rotatable bonds is 8. The molecule has 2 saturated heterocycles. The van der Waals surface area contributed by atoms with Crippen LogP contribution in [0, 0.1) is 0 Å². The molecule has 4 aromatic rings. The minimum atomic E-state index is -0.186. The summed E-state index contributed by atoms with van der Waals surface area (Å²) in [5, 5.41) is 6.79. The summed E-state index contributed by atoms with van der Waals surface area (Å²) < 4.78 is 1.83. The number of nitrogens with two attached hydrogens (primary N) is 1. The van der Waals surface area contributed by atoms with Crippen molar-refractivity contribution in [1.82, 2.24) is 29.9 Å². The Hall–Kier alpha value is -3.79. The second-order valence-corrected chi connectivity index (χ2v) is 9.90. The summed E-state index contributed by atoms with van der Waals surface area (Å²) in [6.45, 7) is 3.99. The average Bonchev–Trinajstić information content (AvgIpc) is 3.67. The Balaban J connectivity index is 1.19. The van der Waals surface area contributed by atoms with Crippen LogP contribution in [0.25, 0.3) is 28.2 Å². The van der Waals surface area contributed by atoms with E-state index in [0.717, 1.165) is 61.4 Å². The van der Waals surface area contributed by atoms with Gasteiger partial charge >= 0.3 is 0 Å². The van der Waals surface area contributed by atoms with Gasteiger partial charge in [-0.05, 0) is 49.2 Å². The van der Waals surface area contributed by atoms with Gasteiger partial charge in [-0.1, -0.05) is 36.4 Å². The quantitative estimate of drug-likeness (QED) is 0.276. The van der Waals surface area contributed by atoms with Crippen LogP contribution in [0.5, 0.6) is 0 Å². The molecule has 1 amide bonds. The molecule has 0 radical (unpaired) electrons. The zero-order chi connectivity index (χ0) is 25.4. The van der Waals surface area contributed by atoms with Gasteiger partial charge in [0.25, 0.3) is 11.5 Å². The van der Waals surface area contributed by atoms with Gasteiger partial charge in [-0.2, -0.15) is 0 Å². The number of hydrogen-bond acceptors (Lipinski definition) is 6. The third-order valence-electron chi connectivity index (χ3n) is 7.37. The van der Waals surface area contributed by atoms with Crippen molar-refractivity contribution in [1.29, 1.82) is 0 Å². The maximum Gasteiger partial charge on any atom is 0.260 e. The number of hydrogen-bond donors (Lipinski definition) is 4. The lowest BCUT2D eigenvalue weighted by molar-refractivity contribution is 0.0716. The normalized spacial score (nSPS) is 18.7. The van der Waals surface area contributed by atoms with E-state index in [9.17, 15) is 9.59 Å². The monoisotopic (exact) mass is 497 g/mol. The first kappa shape index (κ1) is 23.6. The van der Waals surface area contributed by atoms with Crippen LogP contribution in [0.3, 0.4) is 0 Å². The van der Waals surface area contributed by atoms with Crippen LogP contribution in [0.4, 0.5) is 0 Å². The summed E-state index contributed by atoms with van der Waals surface area (Å²) in [4.78, 5) is 35.3. The zero-order valence-electron chi connectivity index (χ0n) is 20.6. The van der Waals surface area contributed by atoms with Crippen LogP contribution >= 0.6 is 0 Å². The predicted octanol–water partition coefficient (Wildman–Crippen LogP) is 1.98. The number of nitrogens with zero attached hydrogens (tertiary/aromatic N) is 3. The number of imidazole rings is 1. The first-order chi connectivity index (χ1) is 18.1. The van der Waals surface area contributed by atoms with Gasteiger partial charge in [-0.25, -0.2) is 4.98 Å². The standard InChI is InChI=1S/C28H31N7O2/c29-10-1-11-30-13-18-2-4-19(5-3-18)24-16-34-17-25(32-28(34)33-26(24)36)20-6-8-21(9-7-20)27(37)35-15-22-12-23(35)14-31-22/h2-9,16-17,22-23,30-31H,1,10-15,29H2,(H,32,33,36). The van der Waals surface area contributed by atoms with Crippen LogP contribution in [-0.4, -0.2) is 63.4 Å². The van der Waals surface area contributed by atoms with Crippen LogP contribution in [-0.2, 0) is 6.54 Å². The van der Waals surface area contributed by atoms with Gasteiger partial charge in [-0.3, -0.25) is 19.0 Å². The topological polar surface area (TPSA) is 121 Å². The maximum atomic E-state index is 13.0. The van der Waals surface area contributed by atoms with Gasteiger partial charge in [0.05, 0.1) is 11.3 Å². The lowest BCUT2D eigenvalue weighted by Gasteiger charge is -2.27. The summed E-state index contributed by atoms with van der Waals surface area (Å²) in [5.74, 6) is 0.562. The first-order valence-electron chi connectivity index (χ1n) is 12.9. The van der Waals surface area contributed by atoms with E-state index in [-0.39, 0.29) is 11.5 Å². The summed E-state index contributed by atoms with van der Waals surface area (Å²) in [5.41, 5.74) is 10.2. The zero-order valence-corrected chi connectivity index (χ0v) is 20.6. The number of benzene rings is 2. The lowest BCUT2D eigenvalue weighted by Crippen LogP contribution is -2.46. The van der Waals surface area contributed by atoms with Crippen molar-refractivity contribution in [2.24, 2.45) is 5.73 Å². The van der Waals surface area contributed by atoms with E-state index in [1.54, 1.807) is 0 Å². The summed E-state index contributed by atoms with van der Waals surface area (Å²) in [7, 11) is 0. The second kappa shape index (κ2) is 9.93. The van der Waals surface area contributed by atoms with Crippen molar-refractivity contribution < 1.29 is 4.79 Å². The van der Waals surface area contributed by atoms with E-state index >= 15 is 0 Å². The van der Waals surface area contributed by atoms with Crippen LogP contribution in [0.2, 0.25) is 0 Å². The Kier molecular flexibility index (Phi) is 6.33. The van der Waals surface area contributed by atoms with Gasteiger partial charge in [0.1, 0.15) is 0 Å². The summed E-state index contributed by atoms with van der Waals surface area (Å²) >= 11 is 0. The second-order valence-electron chi connectivity index (χ2n) is 9.90. The van der Waals surface area contributed by atoms with E-state index in [4.69, 9.17) is 5.73 Å². The summed E-state index contributed by atoms with van der Waals surface area (Å²) in [6.07, 6.45) is 5.70. The van der Waals surface area contributed by atoms with Crippen molar-refractivity contribution in [3.8, 4) is 22.4 Å². The molecule has 2 aliphatic heterocycles. The molecule has 2 aromatic heterocycles. The summed E-state index contributed by atoms with van der Waals surface area (Å²) in [6, 6.07) is 16.3. The average molecular weight is 498 g/mol. The molecule has 2 fully saturated rings. The smallest absolute Gasteiger partial charge is 0.260 e. The number of amides is 1.